The lowest BCUT2D eigenvalue weighted by atomic mass is 10.3. The number of benzene rings is 1. The summed E-state index contributed by atoms with van der Waals surface area (Å²) in [6, 6.07) is 5.83. The molecule has 0 fully saturated rings. The minimum Gasteiger partial charge on any atom is -0.493 e. The number of hydrogen-bond donors (Lipinski definition) is 3. The molecule has 1 atom stereocenters. The molecular weight excluding hydrogens is 290 g/mol. The van der Waals surface area contributed by atoms with E-state index in [1.54, 1.807) is 0 Å². The minimum absolute atomic E-state index is 0.0419. The van der Waals surface area contributed by atoms with E-state index >= 15 is 0 Å². The van der Waals surface area contributed by atoms with Gasteiger partial charge in [0.15, 0.2) is 0 Å². The normalized spacial score (nSPS) is 13.2. The fraction of sp³-hybridized carbons (Fsp3) is 0.455. The van der Waals surface area contributed by atoms with Crippen LogP contribution in [0.3, 0.4) is 0 Å². The third-order valence-electron chi connectivity index (χ3n) is 2.17. The van der Waals surface area contributed by atoms with Gasteiger partial charge in [-0.1, -0.05) is 0 Å². The van der Waals surface area contributed by atoms with Gasteiger partial charge in [0.25, 0.3) is 0 Å². The number of aliphatic hydroxyl groups excluding tert-OH is 2. The molecule has 0 aliphatic carbocycles. The van der Waals surface area contributed by atoms with Crippen LogP contribution >= 0.6 is 11.8 Å². The van der Waals surface area contributed by atoms with Crippen molar-refractivity contribution in [2.75, 3.05) is 24.7 Å². The van der Waals surface area contributed by atoms with Gasteiger partial charge in [-0.05, 0) is 24.3 Å². The van der Waals surface area contributed by atoms with E-state index in [2.05, 4.69) is 0 Å². The van der Waals surface area contributed by atoms with E-state index in [1.807, 2.05) is 0 Å². The summed E-state index contributed by atoms with van der Waals surface area (Å²) in [5, 5.41) is 22.7. The second kappa shape index (κ2) is 7.71. The number of primary sulfonamides is 1. The lowest BCUT2D eigenvalue weighted by Gasteiger charge is -2.08. The summed E-state index contributed by atoms with van der Waals surface area (Å²) in [5.74, 6) is 1.66. The van der Waals surface area contributed by atoms with Crippen molar-refractivity contribution in [3.05, 3.63) is 24.3 Å². The first kappa shape index (κ1) is 16.3. The molecule has 1 aromatic rings. The van der Waals surface area contributed by atoms with E-state index in [1.165, 1.54) is 36.0 Å². The first-order valence-corrected chi connectivity index (χ1v) is 8.26. The van der Waals surface area contributed by atoms with Gasteiger partial charge in [-0.2, -0.15) is 11.8 Å². The van der Waals surface area contributed by atoms with Crippen LogP contribution in [0.25, 0.3) is 0 Å². The van der Waals surface area contributed by atoms with E-state index < -0.39 is 16.1 Å². The first-order chi connectivity index (χ1) is 8.93. The highest BCUT2D eigenvalue weighted by atomic mass is 32.2. The van der Waals surface area contributed by atoms with Crippen LogP contribution in [0.4, 0.5) is 0 Å². The zero-order chi connectivity index (χ0) is 14.3. The van der Waals surface area contributed by atoms with Crippen LogP contribution in [0, 0.1) is 0 Å². The number of rotatable bonds is 8. The van der Waals surface area contributed by atoms with Crippen molar-refractivity contribution in [2.24, 2.45) is 5.14 Å². The first-order valence-electron chi connectivity index (χ1n) is 5.56. The molecule has 0 radical (unpaired) electrons. The standard InChI is InChI=1S/C11H17NO5S2/c12-19(15,16)11-3-1-10(2-4-11)17-5-6-18-8-9(14)7-13/h1-4,9,13-14H,5-8H2,(H2,12,15,16). The fourth-order valence-electron chi connectivity index (χ4n) is 1.22. The quantitative estimate of drug-likeness (QED) is 0.574. The van der Waals surface area contributed by atoms with Crippen LogP contribution in [-0.2, 0) is 10.0 Å². The molecule has 0 amide bonds. The summed E-state index contributed by atoms with van der Waals surface area (Å²) in [5.41, 5.74) is 0. The van der Waals surface area contributed by atoms with Gasteiger partial charge in [-0.15, -0.1) is 0 Å². The maximum Gasteiger partial charge on any atom is 0.238 e. The molecule has 0 saturated carbocycles. The molecule has 108 valence electrons. The van der Waals surface area contributed by atoms with Gasteiger partial charge in [0.1, 0.15) is 5.75 Å². The Morgan fingerprint density at radius 2 is 1.95 bits per heavy atom. The van der Waals surface area contributed by atoms with Gasteiger partial charge in [-0.3, -0.25) is 0 Å². The molecule has 0 aliphatic rings. The third-order valence-corrected chi connectivity index (χ3v) is 4.17. The second-order valence-corrected chi connectivity index (χ2v) is 6.49. The topological polar surface area (TPSA) is 110 Å². The molecule has 0 aromatic heterocycles. The number of nitrogens with two attached hydrogens (primary N) is 1. The highest BCUT2D eigenvalue weighted by Gasteiger charge is 2.07. The summed E-state index contributed by atoms with van der Waals surface area (Å²) >= 11 is 1.46. The van der Waals surface area contributed by atoms with Crippen molar-refractivity contribution in [3.8, 4) is 5.75 Å². The Bertz CT molecular complexity index is 474. The van der Waals surface area contributed by atoms with E-state index in [9.17, 15) is 8.42 Å². The Morgan fingerprint density at radius 3 is 2.47 bits per heavy atom. The molecule has 8 heteroatoms. The molecule has 1 rings (SSSR count). The maximum atomic E-state index is 11.0. The van der Waals surface area contributed by atoms with Gasteiger partial charge in [0.05, 0.1) is 24.2 Å². The van der Waals surface area contributed by atoms with Gasteiger partial charge in [0.2, 0.25) is 10.0 Å². The second-order valence-electron chi connectivity index (χ2n) is 3.78. The van der Waals surface area contributed by atoms with Crippen LogP contribution in [0.5, 0.6) is 5.75 Å². The number of aliphatic hydroxyl groups is 2. The fourth-order valence-corrected chi connectivity index (χ4v) is 2.48. The minimum atomic E-state index is -3.67. The molecule has 0 aliphatic heterocycles. The van der Waals surface area contributed by atoms with Crippen molar-refractivity contribution >= 4 is 21.8 Å². The maximum absolute atomic E-state index is 11.0. The Labute approximate surface area is 116 Å². The average Bonchev–Trinajstić information content (AvgIpc) is 2.37. The highest BCUT2D eigenvalue weighted by molar-refractivity contribution is 7.99. The van der Waals surface area contributed by atoms with Crippen molar-refractivity contribution in [1.29, 1.82) is 0 Å². The van der Waals surface area contributed by atoms with E-state index in [4.69, 9.17) is 20.1 Å². The van der Waals surface area contributed by atoms with Crippen LogP contribution in [-0.4, -0.2) is 49.5 Å². The van der Waals surface area contributed by atoms with Crippen LogP contribution < -0.4 is 9.88 Å². The van der Waals surface area contributed by atoms with Gasteiger partial charge < -0.3 is 14.9 Å². The van der Waals surface area contributed by atoms with Gasteiger partial charge in [0, 0.05) is 11.5 Å². The Morgan fingerprint density at radius 1 is 1.32 bits per heavy atom. The molecule has 0 heterocycles. The largest absolute Gasteiger partial charge is 0.493 e. The summed E-state index contributed by atoms with van der Waals surface area (Å²) in [6.07, 6.45) is -0.709. The lowest BCUT2D eigenvalue weighted by Crippen LogP contribution is -2.15. The van der Waals surface area contributed by atoms with E-state index in [0.29, 0.717) is 23.9 Å². The van der Waals surface area contributed by atoms with E-state index in [0.717, 1.165) is 0 Å². The highest BCUT2D eigenvalue weighted by Crippen LogP contribution is 2.15. The number of hydrogen-bond acceptors (Lipinski definition) is 6. The molecule has 6 nitrogen and oxygen atoms in total. The SMILES string of the molecule is NS(=O)(=O)c1ccc(OCCSCC(O)CO)cc1. The Balaban J connectivity index is 2.31. The predicted octanol–water partition coefficient (Wildman–Crippen LogP) is -0.201. The van der Waals surface area contributed by atoms with E-state index in [-0.39, 0.29) is 11.5 Å². The number of sulfonamides is 1. The number of thioether (sulfide) groups is 1. The third kappa shape index (κ3) is 6.26. The van der Waals surface area contributed by atoms with Crippen LogP contribution in [0.2, 0.25) is 0 Å². The van der Waals surface area contributed by atoms with Crippen LogP contribution in [0.1, 0.15) is 0 Å². The zero-order valence-electron chi connectivity index (χ0n) is 10.2. The lowest BCUT2D eigenvalue weighted by molar-refractivity contribution is 0.113. The molecule has 0 spiro atoms. The number of ether oxygens (including phenoxy) is 1. The average molecular weight is 307 g/mol. The van der Waals surface area contributed by atoms with Crippen molar-refractivity contribution < 1.29 is 23.4 Å². The summed E-state index contributed by atoms with van der Waals surface area (Å²) in [4.78, 5) is 0.0419. The zero-order valence-corrected chi connectivity index (χ0v) is 11.9. The summed E-state index contributed by atoms with van der Waals surface area (Å²) < 4.78 is 27.4. The molecule has 4 N–H and O–H groups in total. The molecular formula is C11H17NO5S2. The monoisotopic (exact) mass is 307 g/mol. The molecule has 1 aromatic carbocycles. The molecule has 0 bridgehead atoms. The molecule has 0 saturated heterocycles. The smallest absolute Gasteiger partial charge is 0.238 e. The summed E-state index contributed by atoms with van der Waals surface area (Å²) in [7, 11) is -3.67. The van der Waals surface area contributed by atoms with Crippen molar-refractivity contribution in [2.45, 2.75) is 11.0 Å². The van der Waals surface area contributed by atoms with Crippen molar-refractivity contribution in [3.63, 3.8) is 0 Å². The van der Waals surface area contributed by atoms with Crippen LogP contribution in [0.15, 0.2) is 29.2 Å². The predicted molar refractivity (Wildman–Crippen MR) is 73.7 cm³/mol. The van der Waals surface area contributed by atoms with Gasteiger partial charge in [-0.25, -0.2) is 13.6 Å². The van der Waals surface area contributed by atoms with Crippen molar-refractivity contribution in [1.82, 2.24) is 0 Å². The Kier molecular flexibility index (Phi) is 6.59. The molecule has 19 heavy (non-hydrogen) atoms. The Hall–Kier alpha value is -0.800. The summed E-state index contributed by atoms with van der Waals surface area (Å²) in [6.45, 7) is 0.181. The molecule has 1 unspecified atom stereocenters. The van der Waals surface area contributed by atoms with Gasteiger partial charge >= 0.3 is 0 Å².